The van der Waals surface area contributed by atoms with Crippen LogP contribution in [-0.4, -0.2) is 18.4 Å². The van der Waals surface area contributed by atoms with Gasteiger partial charge in [-0.25, -0.2) is 0 Å². The molecule has 2 N–H and O–H groups in total. The fourth-order valence-electron chi connectivity index (χ4n) is 1.36. The molecule has 21 heavy (non-hydrogen) atoms. The third-order valence-electron chi connectivity index (χ3n) is 2.54. The molecule has 0 aliphatic rings. The number of amides is 2. The maximum Gasteiger partial charge on any atom is 0.276 e. The van der Waals surface area contributed by atoms with Crippen LogP contribution in [0.15, 0.2) is 21.1 Å². The van der Waals surface area contributed by atoms with Gasteiger partial charge in [0, 0.05) is 9.89 Å². The van der Waals surface area contributed by atoms with Gasteiger partial charge in [-0.3, -0.25) is 20.4 Å². The summed E-state index contributed by atoms with van der Waals surface area (Å²) in [5.41, 5.74) is 5.00. The lowest BCUT2D eigenvalue weighted by molar-refractivity contribution is -0.134. The summed E-state index contributed by atoms with van der Waals surface area (Å²) in [6.45, 7) is 6.96. The zero-order valence-electron chi connectivity index (χ0n) is 12.3. The first-order chi connectivity index (χ1) is 9.61. The highest BCUT2D eigenvalue weighted by Gasteiger charge is 2.21. The smallest absolute Gasteiger partial charge is 0.276 e. The second kappa shape index (κ2) is 7.26. The minimum absolute atomic E-state index is 0.189. The topological polar surface area (TPSA) is 67.4 Å². The van der Waals surface area contributed by atoms with Gasteiger partial charge in [0.2, 0.25) is 5.91 Å². The lowest BCUT2D eigenvalue weighted by Gasteiger charge is -2.18. The van der Waals surface area contributed by atoms with Crippen LogP contribution in [0, 0.1) is 12.3 Å². The molecule has 0 aromatic heterocycles. The Morgan fingerprint density at radius 1 is 1.19 bits per heavy atom. The first-order valence-electron chi connectivity index (χ1n) is 6.29. The molecule has 0 saturated heterocycles. The lowest BCUT2D eigenvalue weighted by Crippen LogP contribution is -2.48. The molecule has 0 heterocycles. The normalized spacial score (nSPS) is 11.0. The van der Waals surface area contributed by atoms with E-state index in [4.69, 9.17) is 4.74 Å². The van der Waals surface area contributed by atoms with E-state index in [1.807, 2.05) is 19.1 Å². The zero-order chi connectivity index (χ0) is 16.2. The highest BCUT2D eigenvalue weighted by atomic mass is 79.9. The predicted octanol–water partition coefficient (Wildman–Crippen LogP) is 3.09. The van der Waals surface area contributed by atoms with Gasteiger partial charge in [0.1, 0.15) is 5.75 Å². The molecule has 1 aromatic rings. The fourth-order valence-corrected chi connectivity index (χ4v) is 2.91. The summed E-state index contributed by atoms with van der Waals surface area (Å²) >= 11 is 6.75. The second-order valence-corrected chi connectivity index (χ2v) is 7.34. The second-order valence-electron chi connectivity index (χ2n) is 5.57. The molecule has 0 spiro atoms. The van der Waals surface area contributed by atoms with E-state index >= 15 is 0 Å². The van der Waals surface area contributed by atoms with E-state index < -0.39 is 11.3 Å². The van der Waals surface area contributed by atoms with Gasteiger partial charge in [-0.2, -0.15) is 0 Å². The van der Waals surface area contributed by atoms with Gasteiger partial charge in [0.05, 0.1) is 4.47 Å². The SMILES string of the molecule is Cc1cc(Br)cc(Br)c1OCC(=O)NNC(=O)C(C)(C)C. The van der Waals surface area contributed by atoms with Crippen LogP contribution >= 0.6 is 31.9 Å². The molecule has 0 saturated carbocycles. The number of benzene rings is 1. The Labute approximate surface area is 141 Å². The van der Waals surface area contributed by atoms with Crippen molar-refractivity contribution in [1.82, 2.24) is 10.9 Å². The van der Waals surface area contributed by atoms with Crippen molar-refractivity contribution in [3.8, 4) is 5.75 Å². The summed E-state index contributed by atoms with van der Waals surface area (Å²) in [4.78, 5) is 23.3. The molecule has 7 heteroatoms. The van der Waals surface area contributed by atoms with Crippen LogP contribution in [0.25, 0.3) is 0 Å². The Bertz CT molecular complexity index is 531. The van der Waals surface area contributed by atoms with Gasteiger partial charge < -0.3 is 4.74 Å². The summed E-state index contributed by atoms with van der Waals surface area (Å²) < 4.78 is 7.14. The van der Waals surface area contributed by atoms with E-state index in [1.54, 1.807) is 20.8 Å². The van der Waals surface area contributed by atoms with Gasteiger partial charge in [-0.15, -0.1) is 0 Å². The van der Waals surface area contributed by atoms with E-state index in [0.29, 0.717) is 5.75 Å². The molecule has 5 nitrogen and oxygen atoms in total. The van der Waals surface area contributed by atoms with Crippen LogP contribution in [0.4, 0.5) is 0 Å². The molecule has 0 unspecified atom stereocenters. The van der Waals surface area contributed by atoms with Gasteiger partial charge in [-0.05, 0) is 40.5 Å². The fraction of sp³-hybridized carbons (Fsp3) is 0.429. The van der Waals surface area contributed by atoms with Gasteiger partial charge >= 0.3 is 0 Å². The highest BCUT2D eigenvalue weighted by Crippen LogP contribution is 2.32. The van der Waals surface area contributed by atoms with E-state index in [2.05, 4.69) is 42.7 Å². The Morgan fingerprint density at radius 2 is 1.81 bits per heavy atom. The number of hydrazine groups is 1. The van der Waals surface area contributed by atoms with Gasteiger partial charge in [0.15, 0.2) is 6.61 Å². The number of rotatable bonds is 3. The third kappa shape index (κ3) is 5.67. The average Bonchev–Trinajstić information content (AvgIpc) is 2.33. The molecular formula is C14H18Br2N2O3. The summed E-state index contributed by atoms with van der Waals surface area (Å²) in [6.07, 6.45) is 0. The van der Waals surface area contributed by atoms with Crippen LogP contribution in [0.1, 0.15) is 26.3 Å². The Balaban J connectivity index is 2.53. The van der Waals surface area contributed by atoms with Crippen molar-refractivity contribution < 1.29 is 14.3 Å². The van der Waals surface area contributed by atoms with Crippen LogP contribution in [-0.2, 0) is 9.59 Å². The number of hydrogen-bond acceptors (Lipinski definition) is 3. The van der Waals surface area contributed by atoms with Crippen molar-refractivity contribution in [2.75, 3.05) is 6.61 Å². The largest absolute Gasteiger partial charge is 0.482 e. The van der Waals surface area contributed by atoms with Crippen molar-refractivity contribution in [2.45, 2.75) is 27.7 Å². The average molecular weight is 422 g/mol. The minimum Gasteiger partial charge on any atom is -0.482 e. The molecule has 0 fully saturated rings. The summed E-state index contributed by atoms with van der Waals surface area (Å²) in [5, 5.41) is 0. The maximum absolute atomic E-state index is 11.7. The Kier molecular flexibility index (Phi) is 6.22. The maximum atomic E-state index is 11.7. The lowest BCUT2D eigenvalue weighted by atomic mass is 9.96. The summed E-state index contributed by atoms with van der Waals surface area (Å²) in [5.74, 6) is -0.103. The van der Waals surface area contributed by atoms with E-state index in [-0.39, 0.29) is 12.5 Å². The predicted molar refractivity (Wildman–Crippen MR) is 87.8 cm³/mol. The molecular weight excluding hydrogens is 404 g/mol. The molecule has 0 bridgehead atoms. The number of aryl methyl sites for hydroxylation is 1. The number of carbonyl (C=O) groups excluding carboxylic acids is 2. The molecule has 1 rings (SSSR count). The molecule has 2 amide bonds. The van der Waals surface area contributed by atoms with Crippen LogP contribution in [0.5, 0.6) is 5.75 Å². The van der Waals surface area contributed by atoms with Crippen molar-refractivity contribution in [3.63, 3.8) is 0 Å². The monoisotopic (exact) mass is 420 g/mol. The highest BCUT2D eigenvalue weighted by molar-refractivity contribution is 9.11. The van der Waals surface area contributed by atoms with E-state index in [1.165, 1.54) is 0 Å². The van der Waals surface area contributed by atoms with Crippen molar-refractivity contribution >= 4 is 43.7 Å². The van der Waals surface area contributed by atoms with Crippen LogP contribution < -0.4 is 15.6 Å². The van der Waals surface area contributed by atoms with Gasteiger partial charge in [0.25, 0.3) is 5.91 Å². The van der Waals surface area contributed by atoms with Crippen molar-refractivity contribution in [3.05, 3.63) is 26.6 Å². The first kappa shape index (κ1) is 18.0. The minimum atomic E-state index is -0.570. The molecule has 0 radical (unpaired) electrons. The molecule has 0 aliphatic carbocycles. The molecule has 0 atom stereocenters. The first-order valence-corrected chi connectivity index (χ1v) is 7.87. The standard InChI is InChI=1S/C14H18Br2N2O3/c1-8-5-9(15)6-10(16)12(8)21-7-11(19)17-18-13(20)14(2,3)4/h5-6H,7H2,1-4H3,(H,17,19)(H,18,20). The zero-order valence-corrected chi connectivity index (χ0v) is 15.5. The van der Waals surface area contributed by atoms with Crippen molar-refractivity contribution in [1.29, 1.82) is 0 Å². The molecule has 1 aromatic carbocycles. The summed E-state index contributed by atoms with van der Waals surface area (Å²) in [6, 6.07) is 3.72. The third-order valence-corrected chi connectivity index (χ3v) is 3.59. The number of carbonyl (C=O) groups is 2. The summed E-state index contributed by atoms with van der Waals surface area (Å²) in [7, 11) is 0. The number of nitrogens with one attached hydrogen (secondary N) is 2. The Hall–Kier alpha value is -1.08. The molecule has 0 aliphatic heterocycles. The number of halogens is 2. The quantitative estimate of drug-likeness (QED) is 0.737. The molecule has 116 valence electrons. The van der Waals surface area contributed by atoms with Crippen LogP contribution in [0.3, 0.4) is 0 Å². The van der Waals surface area contributed by atoms with Crippen molar-refractivity contribution in [2.24, 2.45) is 5.41 Å². The Morgan fingerprint density at radius 3 is 2.33 bits per heavy atom. The van der Waals surface area contributed by atoms with Crippen LogP contribution in [0.2, 0.25) is 0 Å². The number of hydrogen-bond donors (Lipinski definition) is 2. The van der Waals surface area contributed by atoms with Gasteiger partial charge in [-0.1, -0.05) is 36.7 Å². The van der Waals surface area contributed by atoms with E-state index in [9.17, 15) is 9.59 Å². The van der Waals surface area contributed by atoms with E-state index in [0.717, 1.165) is 14.5 Å². The number of ether oxygens (including phenoxy) is 1.